The van der Waals surface area contributed by atoms with Crippen LogP contribution in [0.4, 0.5) is 0 Å². The molecule has 3 rings (SSSR count). The maximum absolute atomic E-state index is 12.6. The van der Waals surface area contributed by atoms with Gasteiger partial charge in [-0.05, 0) is 30.7 Å². The zero-order chi connectivity index (χ0) is 18.5. The van der Waals surface area contributed by atoms with Crippen LogP contribution in [0.15, 0.2) is 48.5 Å². The molecule has 1 N–H and O–H groups in total. The Labute approximate surface area is 150 Å². The molecule has 26 heavy (non-hydrogen) atoms. The predicted octanol–water partition coefficient (Wildman–Crippen LogP) is 1.77. The van der Waals surface area contributed by atoms with Crippen LogP contribution >= 0.6 is 0 Å². The molecule has 1 saturated heterocycles. The van der Waals surface area contributed by atoms with Crippen LogP contribution in [0.3, 0.4) is 0 Å². The van der Waals surface area contributed by atoms with Crippen molar-refractivity contribution in [2.75, 3.05) is 26.2 Å². The topological polar surface area (TPSA) is 90.8 Å². The molecule has 7 heteroatoms. The zero-order valence-electron chi connectivity index (χ0n) is 14.2. The summed E-state index contributed by atoms with van der Waals surface area (Å²) in [4.78, 5) is 43.5. The molecule has 1 aromatic heterocycles. The first kappa shape index (κ1) is 17.6. The summed E-state index contributed by atoms with van der Waals surface area (Å²) < 4.78 is 0. The molecule has 0 saturated carbocycles. The summed E-state index contributed by atoms with van der Waals surface area (Å²) >= 11 is 0. The van der Waals surface area contributed by atoms with E-state index < -0.39 is 5.97 Å². The molecule has 0 aliphatic carbocycles. The number of rotatable bonds is 3. The second-order valence-corrected chi connectivity index (χ2v) is 6.02. The molecule has 0 atom stereocenters. The third-order valence-corrected chi connectivity index (χ3v) is 4.28. The molecule has 7 nitrogen and oxygen atoms in total. The van der Waals surface area contributed by atoms with E-state index in [1.807, 2.05) is 18.2 Å². The maximum Gasteiger partial charge on any atom is 0.354 e. The summed E-state index contributed by atoms with van der Waals surface area (Å²) in [7, 11) is 0. The van der Waals surface area contributed by atoms with Gasteiger partial charge in [0.2, 0.25) is 0 Å². The van der Waals surface area contributed by atoms with Gasteiger partial charge in [-0.2, -0.15) is 0 Å². The second-order valence-electron chi connectivity index (χ2n) is 6.02. The van der Waals surface area contributed by atoms with Gasteiger partial charge in [-0.1, -0.05) is 24.3 Å². The highest BCUT2D eigenvalue weighted by Gasteiger charge is 2.24. The van der Waals surface area contributed by atoms with E-state index in [1.54, 1.807) is 21.9 Å². The number of carbonyl (C=O) groups is 3. The quantitative estimate of drug-likeness (QED) is 0.908. The molecule has 134 valence electrons. The minimum absolute atomic E-state index is 0.0501. The molecular weight excluding hydrogens is 334 g/mol. The summed E-state index contributed by atoms with van der Waals surface area (Å²) in [5.74, 6) is -1.54. The molecular formula is C19H19N3O4. The van der Waals surface area contributed by atoms with Crippen LogP contribution in [-0.2, 0) is 0 Å². The van der Waals surface area contributed by atoms with Gasteiger partial charge in [0, 0.05) is 31.7 Å². The van der Waals surface area contributed by atoms with Crippen LogP contribution in [0.25, 0.3) is 0 Å². The Balaban J connectivity index is 1.68. The molecule has 2 heterocycles. The lowest BCUT2D eigenvalue weighted by atomic mass is 10.2. The van der Waals surface area contributed by atoms with Gasteiger partial charge in [0.15, 0.2) is 0 Å². The highest BCUT2D eigenvalue weighted by molar-refractivity contribution is 5.95. The summed E-state index contributed by atoms with van der Waals surface area (Å²) in [6.07, 6.45) is 0.656. The molecule has 1 aliphatic rings. The first-order valence-corrected chi connectivity index (χ1v) is 8.40. The first-order valence-electron chi connectivity index (χ1n) is 8.40. The third kappa shape index (κ3) is 3.88. The molecule has 0 radical (unpaired) electrons. The number of benzene rings is 1. The Hall–Kier alpha value is -3.22. The second kappa shape index (κ2) is 7.77. The molecule has 1 aromatic carbocycles. The first-order chi connectivity index (χ1) is 12.6. The van der Waals surface area contributed by atoms with Gasteiger partial charge in [0.1, 0.15) is 11.4 Å². The Morgan fingerprint density at radius 2 is 1.38 bits per heavy atom. The fourth-order valence-electron chi connectivity index (χ4n) is 2.92. The van der Waals surface area contributed by atoms with Crippen molar-refractivity contribution in [2.45, 2.75) is 6.42 Å². The van der Waals surface area contributed by atoms with Crippen molar-refractivity contribution in [1.29, 1.82) is 0 Å². The average Bonchev–Trinajstić information content (AvgIpc) is 2.94. The smallest absolute Gasteiger partial charge is 0.354 e. The average molecular weight is 353 g/mol. The van der Waals surface area contributed by atoms with E-state index in [1.165, 1.54) is 18.2 Å². The van der Waals surface area contributed by atoms with Crippen LogP contribution in [-0.4, -0.2) is 63.9 Å². The Morgan fingerprint density at radius 3 is 2.04 bits per heavy atom. The number of amides is 2. The molecule has 1 fully saturated rings. The fourth-order valence-corrected chi connectivity index (χ4v) is 2.92. The van der Waals surface area contributed by atoms with Crippen molar-refractivity contribution in [2.24, 2.45) is 0 Å². The van der Waals surface area contributed by atoms with Crippen molar-refractivity contribution < 1.29 is 19.5 Å². The zero-order valence-corrected chi connectivity index (χ0v) is 14.2. The Bertz CT molecular complexity index is 823. The van der Waals surface area contributed by atoms with E-state index in [-0.39, 0.29) is 23.2 Å². The van der Waals surface area contributed by atoms with Crippen molar-refractivity contribution in [1.82, 2.24) is 14.8 Å². The van der Waals surface area contributed by atoms with E-state index in [4.69, 9.17) is 5.11 Å². The summed E-state index contributed by atoms with van der Waals surface area (Å²) in [6, 6.07) is 13.4. The van der Waals surface area contributed by atoms with Gasteiger partial charge in [-0.25, -0.2) is 9.78 Å². The number of hydrogen-bond donors (Lipinski definition) is 1. The molecule has 2 aromatic rings. The highest BCUT2D eigenvalue weighted by Crippen LogP contribution is 2.12. The number of aromatic nitrogens is 1. The number of pyridine rings is 1. The van der Waals surface area contributed by atoms with Crippen molar-refractivity contribution in [3.8, 4) is 0 Å². The summed E-state index contributed by atoms with van der Waals surface area (Å²) in [5.41, 5.74) is 0.572. The number of nitrogens with zero attached hydrogens (tertiary/aromatic N) is 3. The van der Waals surface area contributed by atoms with Crippen LogP contribution < -0.4 is 0 Å². The Morgan fingerprint density at radius 1 is 0.769 bits per heavy atom. The lowest BCUT2D eigenvalue weighted by Crippen LogP contribution is -2.37. The van der Waals surface area contributed by atoms with Gasteiger partial charge in [-0.3, -0.25) is 9.59 Å². The lowest BCUT2D eigenvalue weighted by molar-refractivity contribution is 0.0686. The minimum atomic E-state index is -1.17. The van der Waals surface area contributed by atoms with Crippen LogP contribution in [0, 0.1) is 0 Å². The normalized spacial score (nSPS) is 14.6. The molecule has 1 aliphatic heterocycles. The number of hydrogen-bond acceptors (Lipinski definition) is 4. The number of carboxylic acids is 1. The van der Waals surface area contributed by atoms with Gasteiger partial charge in [0.05, 0.1) is 0 Å². The van der Waals surface area contributed by atoms with Gasteiger partial charge in [-0.15, -0.1) is 0 Å². The largest absolute Gasteiger partial charge is 0.477 e. The van der Waals surface area contributed by atoms with E-state index in [0.29, 0.717) is 38.2 Å². The predicted molar refractivity (Wildman–Crippen MR) is 94.1 cm³/mol. The van der Waals surface area contributed by atoms with E-state index in [2.05, 4.69) is 4.98 Å². The van der Waals surface area contributed by atoms with Crippen LogP contribution in [0.1, 0.15) is 37.8 Å². The minimum Gasteiger partial charge on any atom is -0.477 e. The monoisotopic (exact) mass is 353 g/mol. The molecule has 0 spiro atoms. The number of aromatic carboxylic acids is 1. The van der Waals surface area contributed by atoms with Crippen LogP contribution in [0.5, 0.6) is 0 Å². The van der Waals surface area contributed by atoms with Crippen molar-refractivity contribution >= 4 is 17.8 Å². The molecule has 0 bridgehead atoms. The van der Waals surface area contributed by atoms with Crippen molar-refractivity contribution in [3.05, 3.63) is 65.5 Å². The summed E-state index contributed by atoms with van der Waals surface area (Å²) in [5, 5.41) is 9.02. The fraction of sp³-hybridized carbons (Fsp3) is 0.263. The van der Waals surface area contributed by atoms with E-state index in [9.17, 15) is 14.4 Å². The third-order valence-electron chi connectivity index (χ3n) is 4.28. The SMILES string of the molecule is O=C(O)c1cccc(C(=O)N2CCCN(C(=O)c3ccccc3)CC2)n1. The van der Waals surface area contributed by atoms with Crippen LogP contribution in [0.2, 0.25) is 0 Å². The van der Waals surface area contributed by atoms with E-state index in [0.717, 1.165) is 0 Å². The van der Waals surface area contributed by atoms with E-state index >= 15 is 0 Å². The lowest BCUT2D eigenvalue weighted by Gasteiger charge is -2.22. The number of carboxylic acid groups (broad SMARTS) is 1. The highest BCUT2D eigenvalue weighted by atomic mass is 16.4. The standard InChI is InChI=1S/C19H19N3O4/c23-17(14-6-2-1-3-7-14)21-10-5-11-22(13-12-21)18(24)15-8-4-9-16(20-15)19(25)26/h1-4,6-9H,5,10-13H2,(H,25,26). The van der Waals surface area contributed by atoms with Gasteiger partial charge >= 0.3 is 5.97 Å². The molecule has 0 unspecified atom stereocenters. The Kier molecular flexibility index (Phi) is 5.26. The number of carbonyl (C=O) groups excluding carboxylic acids is 2. The summed E-state index contributed by atoms with van der Waals surface area (Å²) in [6.45, 7) is 1.88. The maximum atomic E-state index is 12.6. The van der Waals surface area contributed by atoms with Gasteiger partial charge in [0.25, 0.3) is 11.8 Å². The van der Waals surface area contributed by atoms with Crippen molar-refractivity contribution in [3.63, 3.8) is 0 Å². The molecule has 2 amide bonds. The van der Waals surface area contributed by atoms with Gasteiger partial charge < -0.3 is 14.9 Å².